The van der Waals surface area contributed by atoms with Crippen molar-refractivity contribution in [2.24, 2.45) is 0 Å². The van der Waals surface area contributed by atoms with E-state index in [1.165, 1.54) is 10.9 Å². The Balaban J connectivity index is 1.66. The Bertz CT molecular complexity index is 1440. The van der Waals surface area contributed by atoms with E-state index >= 15 is 0 Å². The van der Waals surface area contributed by atoms with Crippen LogP contribution >= 0.6 is 11.6 Å². The second kappa shape index (κ2) is 5.56. The third kappa shape index (κ3) is 2.06. The van der Waals surface area contributed by atoms with Gasteiger partial charge in [0.25, 0.3) is 5.56 Å². The van der Waals surface area contributed by atoms with Gasteiger partial charge in [-0.25, -0.2) is 9.67 Å². The summed E-state index contributed by atoms with van der Waals surface area (Å²) in [5.41, 5.74) is 4.47. The highest BCUT2D eigenvalue weighted by atomic mass is 35.5. The molecule has 1 aliphatic rings. The number of rotatable bonds is 1. The van der Waals surface area contributed by atoms with E-state index in [1.807, 2.05) is 30.3 Å². The summed E-state index contributed by atoms with van der Waals surface area (Å²) < 4.78 is 3.43. The molecule has 5 aromatic rings. The fourth-order valence-corrected chi connectivity index (χ4v) is 4.17. The molecule has 0 atom stereocenters. The fraction of sp³-hybridized carbons (Fsp3) is 0.0952. The first-order valence-electron chi connectivity index (χ1n) is 9.05. The molecule has 6 rings (SSSR count). The second-order valence-corrected chi connectivity index (χ2v) is 7.37. The summed E-state index contributed by atoms with van der Waals surface area (Å²) in [6.07, 6.45) is 2.39. The van der Waals surface area contributed by atoms with E-state index in [9.17, 15) is 4.79 Å². The molecule has 0 bridgehead atoms. The highest BCUT2D eigenvalue weighted by Gasteiger charge is 2.25. The predicted octanol–water partition coefficient (Wildman–Crippen LogP) is 3.94. The number of aryl methyl sites for hydroxylation is 1. The van der Waals surface area contributed by atoms with Gasteiger partial charge in [0.05, 0.1) is 17.6 Å². The number of benzene rings is 2. The third-order valence-electron chi connectivity index (χ3n) is 5.38. The monoisotopic (exact) mass is 387 g/mol. The van der Waals surface area contributed by atoms with Crippen molar-refractivity contribution in [1.29, 1.82) is 0 Å². The van der Waals surface area contributed by atoms with Crippen LogP contribution in [-0.2, 0) is 13.0 Å². The minimum Gasteiger partial charge on any atom is -0.352 e. The average Bonchev–Trinajstić information content (AvgIpc) is 3.31. The van der Waals surface area contributed by atoms with Gasteiger partial charge in [-0.15, -0.1) is 0 Å². The van der Waals surface area contributed by atoms with Crippen LogP contribution < -0.4 is 5.56 Å². The van der Waals surface area contributed by atoms with Crippen molar-refractivity contribution in [2.45, 2.75) is 13.0 Å². The van der Waals surface area contributed by atoms with Crippen LogP contribution in [0.5, 0.6) is 0 Å². The molecule has 0 saturated carbocycles. The molecule has 0 unspecified atom stereocenters. The largest absolute Gasteiger partial charge is 0.352 e. The summed E-state index contributed by atoms with van der Waals surface area (Å²) >= 11 is 6.00. The Kier molecular flexibility index (Phi) is 3.11. The second-order valence-electron chi connectivity index (χ2n) is 6.94. The van der Waals surface area contributed by atoms with Gasteiger partial charge < -0.3 is 4.98 Å². The van der Waals surface area contributed by atoms with E-state index in [-0.39, 0.29) is 5.56 Å². The number of nitrogens with one attached hydrogen (secondary N) is 1. The van der Waals surface area contributed by atoms with Gasteiger partial charge in [-0.1, -0.05) is 29.8 Å². The molecule has 0 saturated heterocycles. The zero-order valence-electron chi connectivity index (χ0n) is 14.7. The van der Waals surface area contributed by atoms with Gasteiger partial charge in [0.2, 0.25) is 0 Å². The lowest BCUT2D eigenvalue weighted by atomic mass is 10.0. The first-order chi connectivity index (χ1) is 13.7. The number of fused-ring (bicyclic) bond motifs is 6. The van der Waals surface area contributed by atoms with Gasteiger partial charge >= 0.3 is 0 Å². The van der Waals surface area contributed by atoms with Crippen LogP contribution in [0.1, 0.15) is 5.56 Å². The van der Waals surface area contributed by atoms with E-state index in [1.54, 1.807) is 27.6 Å². The number of aromatic amines is 1. The van der Waals surface area contributed by atoms with Crippen LogP contribution in [-0.4, -0.2) is 24.3 Å². The van der Waals surface area contributed by atoms with Crippen molar-refractivity contribution in [3.05, 3.63) is 75.7 Å². The van der Waals surface area contributed by atoms with E-state index in [0.29, 0.717) is 28.4 Å². The highest BCUT2D eigenvalue weighted by Crippen LogP contribution is 2.33. The van der Waals surface area contributed by atoms with Gasteiger partial charge in [0.15, 0.2) is 11.5 Å². The van der Waals surface area contributed by atoms with Crippen LogP contribution in [0.2, 0.25) is 5.02 Å². The first kappa shape index (κ1) is 15.7. The Morgan fingerprint density at radius 1 is 1.04 bits per heavy atom. The molecule has 28 heavy (non-hydrogen) atoms. The molecule has 136 valence electrons. The lowest BCUT2D eigenvalue weighted by Gasteiger charge is -2.18. The first-order valence-corrected chi connectivity index (χ1v) is 9.43. The zero-order valence-corrected chi connectivity index (χ0v) is 15.4. The molecule has 2 aromatic carbocycles. The minimum atomic E-state index is -0.0653. The van der Waals surface area contributed by atoms with Crippen LogP contribution in [0.25, 0.3) is 39.1 Å². The van der Waals surface area contributed by atoms with Gasteiger partial charge in [-0.2, -0.15) is 5.10 Å². The normalized spacial score (nSPS) is 13.0. The lowest BCUT2D eigenvalue weighted by Crippen LogP contribution is -2.27. The number of para-hydroxylation sites is 1. The van der Waals surface area contributed by atoms with Crippen molar-refractivity contribution >= 4 is 33.5 Å². The summed E-state index contributed by atoms with van der Waals surface area (Å²) in [6, 6.07) is 15.5. The summed E-state index contributed by atoms with van der Waals surface area (Å²) in [5.74, 6) is 0.658. The molecule has 0 fully saturated rings. The molecule has 6 nitrogen and oxygen atoms in total. The van der Waals surface area contributed by atoms with Crippen molar-refractivity contribution in [3.8, 4) is 17.2 Å². The molecule has 3 aromatic heterocycles. The molecule has 7 heteroatoms. The summed E-state index contributed by atoms with van der Waals surface area (Å²) in [4.78, 5) is 21.5. The summed E-state index contributed by atoms with van der Waals surface area (Å²) in [5, 5.41) is 6.76. The number of H-pyrrole nitrogens is 1. The number of hydrogen-bond donors (Lipinski definition) is 1. The topological polar surface area (TPSA) is 68.5 Å². The van der Waals surface area contributed by atoms with Crippen molar-refractivity contribution in [1.82, 2.24) is 24.3 Å². The predicted molar refractivity (Wildman–Crippen MR) is 109 cm³/mol. The van der Waals surface area contributed by atoms with Crippen molar-refractivity contribution in [2.75, 3.05) is 0 Å². The lowest BCUT2D eigenvalue weighted by molar-refractivity contribution is 0.652. The summed E-state index contributed by atoms with van der Waals surface area (Å²) in [7, 11) is 0. The molecule has 0 spiro atoms. The maximum Gasteiger partial charge on any atom is 0.264 e. The number of hydrogen-bond acceptors (Lipinski definition) is 3. The van der Waals surface area contributed by atoms with E-state index in [4.69, 9.17) is 16.6 Å². The van der Waals surface area contributed by atoms with E-state index < -0.39 is 0 Å². The quantitative estimate of drug-likeness (QED) is 0.473. The Labute approximate surface area is 164 Å². The maximum atomic E-state index is 13.1. The third-order valence-corrected chi connectivity index (χ3v) is 5.63. The maximum absolute atomic E-state index is 13.1. The fourth-order valence-electron chi connectivity index (χ4n) is 4.05. The SMILES string of the molecule is O=c1c2cnn(-c3ccc(Cl)cc3)c2nc2n1CCc1c-2[nH]c2ccccc12. The smallest absolute Gasteiger partial charge is 0.264 e. The van der Waals surface area contributed by atoms with Gasteiger partial charge in [0.1, 0.15) is 5.39 Å². The molecule has 0 aliphatic carbocycles. The van der Waals surface area contributed by atoms with Crippen LogP contribution in [0, 0.1) is 0 Å². The molecule has 1 N–H and O–H groups in total. The Morgan fingerprint density at radius 2 is 1.86 bits per heavy atom. The molecule has 1 aliphatic heterocycles. The molecular formula is C21H14ClN5O. The highest BCUT2D eigenvalue weighted by molar-refractivity contribution is 6.30. The van der Waals surface area contributed by atoms with Crippen LogP contribution in [0.4, 0.5) is 0 Å². The molecule has 0 amide bonds. The molecular weight excluding hydrogens is 374 g/mol. The molecule has 0 radical (unpaired) electrons. The minimum absolute atomic E-state index is 0.0653. The number of halogens is 1. The average molecular weight is 388 g/mol. The van der Waals surface area contributed by atoms with Gasteiger partial charge in [-0.05, 0) is 42.3 Å². The van der Waals surface area contributed by atoms with Crippen molar-refractivity contribution in [3.63, 3.8) is 0 Å². The Morgan fingerprint density at radius 3 is 2.71 bits per heavy atom. The van der Waals surface area contributed by atoms with Crippen LogP contribution in [0.15, 0.2) is 59.5 Å². The Hall–Kier alpha value is -3.38. The number of aromatic nitrogens is 5. The molecule has 4 heterocycles. The van der Waals surface area contributed by atoms with Gasteiger partial charge in [-0.3, -0.25) is 9.36 Å². The summed E-state index contributed by atoms with van der Waals surface area (Å²) in [6.45, 7) is 0.609. The van der Waals surface area contributed by atoms with Crippen LogP contribution in [0.3, 0.4) is 0 Å². The van der Waals surface area contributed by atoms with E-state index in [2.05, 4.69) is 16.1 Å². The zero-order chi connectivity index (χ0) is 18.8. The van der Waals surface area contributed by atoms with E-state index in [0.717, 1.165) is 23.3 Å². The number of nitrogens with zero attached hydrogens (tertiary/aromatic N) is 4. The van der Waals surface area contributed by atoms with Crippen molar-refractivity contribution < 1.29 is 0 Å². The van der Waals surface area contributed by atoms with Gasteiger partial charge in [0, 0.05) is 22.5 Å². The standard InChI is InChI=1S/C21H14ClN5O/c22-12-5-7-13(8-6-12)27-19-16(11-23-27)21(28)26-10-9-15-14-3-1-2-4-17(14)24-18(15)20(26)25-19/h1-8,11,24H,9-10H2.